The Bertz CT molecular complexity index is 826. The average molecular weight is 343 g/mol. The van der Waals surface area contributed by atoms with Gasteiger partial charge in [0.15, 0.2) is 11.6 Å². The van der Waals surface area contributed by atoms with Gasteiger partial charge < -0.3 is 14.2 Å². The molecule has 3 heterocycles. The van der Waals surface area contributed by atoms with Crippen molar-refractivity contribution < 1.29 is 14.1 Å². The second-order valence-corrected chi connectivity index (χ2v) is 6.20. The van der Waals surface area contributed by atoms with Gasteiger partial charge in [-0.3, -0.25) is 14.9 Å². The van der Waals surface area contributed by atoms with Gasteiger partial charge in [-0.1, -0.05) is 0 Å². The lowest BCUT2D eigenvalue weighted by molar-refractivity contribution is -0.402. The lowest BCUT2D eigenvalue weighted by Crippen LogP contribution is -2.49. The van der Waals surface area contributed by atoms with Crippen LogP contribution in [-0.2, 0) is 12.8 Å². The van der Waals surface area contributed by atoms with Crippen LogP contribution in [0.15, 0.2) is 22.6 Å². The molecular weight excluding hydrogens is 326 g/mol. The second-order valence-electron chi connectivity index (χ2n) is 6.20. The highest BCUT2D eigenvalue weighted by Gasteiger charge is 2.27. The van der Waals surface area contributed by atoms with Gasteiger partial charge in [-0.25, -0.2) is 0 Å². The van der Waals surface area contributed by atoms with Crippen LogP contribution in [0.3, 0.4) is 0 Å². The van der Waals surface area contributed by atoms with Crippen LogP contribution < -0.4 is 4.90 Å². The molecule has 1 saturated heterocycles. The summed E-state index contributed by atoms with van der Waals surface area (Å²) in [6, 6.07) is 4.64. The highest BCUT2D eigenvalue weighted by Crippen LogP contribution is 2.24. The van der Waals surface area contributed by atoms with E-state index in [-0.39, 0.29) is 11.7 Å². The molecule has 0 aromatic carbocycles. The molecule has 0 unspecified atom stereocenters. The summed E-state index contributed by atoms with van der Waals surface area (Å²) in [6.45, 7) is 2.29. The van der Waals surface area contributed by atoms with Gasteiger partial charge in [0.05, 0.1) is 11.8 Å². The molecule has 1 aliphatic heterocycles. The molecule has 1 fully saturated rings. The van der Waals surface area contributed by atoms with E-state index >= 15 is 0 Å². The van der Waals surface area contributed by atoms with Crippen LogP contribution in [0.25, 0.3) is 0 Å². The van der Waals surface area contributed by atoms with E-state index in [4.69, 9.17) is 4.42 Å². The first-order chi connectivity index (χ1) is 12.1. The zero-order valence-electron chi connectivity index (χ0n) is 13.6. The van der Waals surface area contributed by atoms with Gasteiger partial charge in [-0.05, 0) is 37.0 Å². The zero-order valence-corrected chi connectivity index (χ0v) is 13.6. The molecule has 0 spiro atoms. The van der Waals surface area contributed by atoms with E-state index < -0.39 is 10.8 Å². The van der Waals surface area contributed by atoms with Gasteiger partial charge in [0.2, 0.25) is 0 Å². The topological polar surface area (TPSA) is 106 Å². The van der Waals surface area contributed by atoms with E-state index in [1.165, 1.54) is 17.7 Å². The Morgan fingerprint density at radius 1 is 1.16 bits per heavy atom. The van der Waals surface area contributed by atoms with Gasteiger partial charge in [0, 0.05) is 26.2 Å². The van der Waals surface area contributed by atoms with Crippen molar-refractivity contribution >= 4 is 17.6 Å². The van der Waals surface area contributed by atoms with Crippen molar-refractivity contribution in [2.75, 3.05) is 31.1 Å². The molecule has 0 atom stereocenters. The van der Waals surface area contributed by atoms with Crippen molar-refractivity contribution in [1.82, 2.24) is 15.1 Å². The number of rotatable bonds is 3. The fourth-order valence-electron chi connectivity index (χ4n) is 3.31. The van der Waals surface area contributed by atoms with Gasteiger partial charge in [0.1, 0.15) is 4.92 Å². The van der Waals surface area contributed by atoms with Gasteiger partial charge in [0.25, 0.3) is 5.91 Å². The summed E-state index contributed by atoms with van der Waals surface area (Å²) in [7, 11) is 0. The van der Waals surface area contributed by atoms with Crippen LogP contribution in [-0.4, -0.2) is 52.1 Å². The summed E-state index contributed by atoms with van der Waals surface area (Å²) in [5, 5.41) is 19.3. The van der Waals surface area contributed by atoms with Crippen LogP contribution >= 0.6 is 0 Å². The Labute approximate surface area is 143 Å². The average Bonchev–Trinajstić information content (AvgIpc) is 3.30. The minimum absolute atomic E-state index is 0.00234. The SMILES string of the molecule is O=C(c1ccc([N+](=O)[O-])o1)N1CCN(c2cc3c(nn2)CCC3)CC1. The number of hydrogen-bond donors (Lipinski definition) is 0. The fourth-order valence-corrected chi connectivity index (χ4v) is 3.31. The number of amides is 1. The Hall–Kier alpha value is -2.97. The van der Waals surface area contributed by atoms with E-state index in [0.29, 0.717) is 26.2 Å². The standard InChI is InChI=1S/C16H17N5O4/c22-16(13-4-5-15(25-13)21(23)24)20-8-6-19(7-9-20)14-10-11-2-1-3-12(11)17-18-14/h4-5,10H,1-3,6-9H2. The Balaban J connectivity index is 1.40. The number of nitrogens with zero attached hydrogens (tertiary/aromatic N) is 5. The molecule has 4 rings (SSSR count). The van der Waals surface area contributed by atoms with Crippen molar-refractivity contribution in [3.8, 4) is 0 Å². The summed E-state index contributed by atoms with van der Waals surface area (Å²) in [5.74, 6) is 0.0991. The molecule has 25 heavy (non-hydrogen) atoms. The smallest absolute Gasteiger partial charge is 0.395 e. The van der Waals surface area contributed by atoms with E-state index in [9.17, 15) is 14.9 Å². The molecule has 9 heteroatoms. The van der Waals surface area contributed by atoms with Gasteiger partial charge >= 0.3 is 5.88 Å². The Morgan fingerprint density at radius 2 is 1.96 bits per heavy atom. The van der Waals surface area contributed by atoms with E-state index in [2.05, 4.69) is 21.2 Å². The van der Waals surface area contributed by atoms with Gasteiger partial charge in [-0.15, -0.1) is 5.10 Å². The quantitative estimate of drug-likeness (QED) is 0.613. The maximum absolute atomic E-state index is 12.4. The largest absolute Gasteiger partial charge is 0.433 e. The van der Waals surface area contributed by atoms with E-state index in [1.54, 1.807) is 4.90 Å². The molecular formula is C16H17N5O4. The van der Waals surface area contributed by atoms with Crippen LogP contribution in [0, 0.1) is 10.1 Å². The first-order valence-electron chi connectivity index (χ1n) is 8.26. The number of carbonyl (C=O) groups is 1. The first kappa shape index (κ1) is 15.6. The van der Waals surface area contributed by atoms with Crippen LogP contribution in [0.2, 0.25) is 0 Å². The van der Waals surface area contributed by atoms with Crippen molar-refractivity contribution in [2.24, 2.45) is 0 Å². The zero-order chi connectivity index (χ0) is 17.4. The van der Waals surface area contributed by atoms with Crippen LogP contribution in [0.5, 0.6) is 0 Å². The molecule has 0 saturated carbocycles. The molecule has 0 N–H and O–H groups in total. The highest BCUT2D eigenvalue weighted by atomic mass is 16.6. The number of carbonyl (C=O) groups excluding carboxylic acids is 1. The van der Waals surface area contributed by atoms with Crippen molar-refractivity contribution in [3.05, 3.63) is 45.3 Å². The minimum atomic E-state index is -0.652. The summed E-state index contributed by atoms with van der Waals surface area (Å²) in [6.07, 6.45) is 3.18. The summed E-state index contributed by atoms with van der Waals surface area (Å²) in [4.78, 5) is 26.2. The molecule has 1 aliphatic carbocycles. The monoisotopic (exact) mass is 343 g/mol. The van der Waals surface area contributed by atoms with Crippen LogP contribution in [0.1, 0.15) is 28.2 Å². The third-order valence-corrected chi connectivity index (χ3v) is 4.68. The van der Waals surface area contributed by atoms with E-state index in [0.717, 1.165) is 30.8 Å². The van der Waals surface area contributed by atoms with Crippen molar-refractivity contribution in [3.63, 3.8) is 0 Å². The molecule has 2 aromatic rings. The normalized spacial score (nSPS) is 16.8. The third-order valence-electron chi connectivity index (χ3n) is 4.68. The van der Waals surface area contributed by atoms with Crippen LogP contribution in [0.4, 0.5) is 11.7 Å². The molecule has 0 bridgehead atoms. The molecule has 9 nitrogen and oxygen atoms in total. The Kier molecular flexibility index (Phi) is 3.83. The lowest BCUT2D eigenvalue weighted by atomic mass is 10.2. The molecule has 130 valence electrons. The fraction of sp³-hybridized carbons (Fsp3) is 0.438. The third kappa shape index (κ3) is 2.92. The number of nitro groups is 1. The highest BCUT2D eigenvalue weighted by molar-refractivity contribution is 5.92. The summed E-state index contributed by atoms with van der Waals surface area (Å²) < 4.78 is 5.00. The van der Waals surface area contributed by atoms with Crippen molar-refractivity contribution in [2.45, 2.75) is 19.3 Å². The minimum Gasteiger partial charge on any atom is -0.395 e. The molecule has 1 amide bonds. The number of anilines is 1. The number of piperazine rings is 1. The molecule has 0 radical (unpaired) electrons. The maximum Gasteiger partial charge on any atom is 0.433 e. The number of aromatic nitrogens is 2. The second kappa shape index (κ2) is 6.15. The predicted octanol–water partition coefficient (Wildman–Crippen LogP) is 1.43. The molecule has 2 aliphatic rings. The summed E-state index contributed by atoms with van der Waals surface area (Å²) in [5.41, 5.74) is 2.36. The maximum atomic E-state index is 12.4. The van der Waals surface area contributed by atoms with Gasteiger partial charge in [-0.2, -0.15) is 5.10 Å². The van der Waals surface area contributed by atoms with E-state index in [1.807, 2.05) is 0 Å². The number of aryl methyl sites for hydroxylation is 2. The first-order valence-corrected chi connectivity index (χ1v) is 8.26. The molecule has 2 aromatic heterocycles. The predicted molar refractivity (Wildman–Crippen MR) is 87.5 cm³/mol. The lowest BCUT2D eigenvalue weighted by Gasteiger charge is -2.34. The number of furan rings is 1. The Morgan fingerprint density at radius 3 is 2.68 bits per heavy atom. The number of fused-ring (bicyclic) bond motifs is 1. The number of hydrogen-bond acceptors (Lipinski definition) is 7. The summed E-state index contributed by atoms with van der Waals surface area (Å²) >= 11 is 0. The van der Waals surface area contributed by atoms with Crippen molar-refractivity contribution in [1.29, 1.82) is 0 Å².